The quantitative estimate of drug-likeness (QED) is 0.490. The van der Waals surface area contributed by atoms with Crippen LogP contribution < -0.4 is 0 Å². The van der Waals surface area contributed by atoms with E-state index in [4.69, 9.17) is 5.39 Å². The first-order valence-corrected chi connectivity index (χ1v) is 2.60. The highest BCUT2D eigenvalue weighted by Gasteiger charge is 2.00. The predicted molar refractivity (Wildman–Crippen MR) is 33.7 cm³/mol. The third-order valence-electron chi connectivity index (χ3n) is 1.01. The Labute approximate surface area is 53.0 Å². The number of pyridine rings is 1. The summed E-state index contributed by atoms with van der Waals surface area (Å²) in [4.78, 5) is 6.85. The smallest absolute Gasteiger partial charge is 0.253 e. The minimum Gasteiger partial charge on any atom is -0.253 e. The average molecular weight is 120 g/mol. The van der Waals surface area contributed by atoms with Crippen molar-refractivity contribution in [3.63, 3.8) is 0 Å². The van der Waals surface area contributed by atoms with Crippen LogP contribution in [0.5, 0.6) is 0 Å². The molecule has 1 rings (SSSR count). The summed E-state index contributed by atoms with van der Waals surface area (Å²) in [6.07, 6.45) is 1.51. The summed E-state index contributed by atoms with van der Waals surface area (Å²) in [5, 5.41) is 8.21. The van der Waals surface area contributed by atoms with Crippen LogP contribution in [0.3, 0.4) is 0 Å². The van der Waals surface area contributed by atoms with E-state index in [-0.39, 0.29) is 0 Å². The van der Waals surface area contributed by atoms with Gasteiger partial charge in [0, 0.05) is 11.8 Å². The van der Waals surface area contributed by atoms with Crippen LogP contribution in [-0.4, -0.2) is 4.98 Å². The second-order valence-corrected chi connectivity index (χ2v) is 1.76. The molecule has 0 amide bonds. The first-order chi connectivity index (χ1) is 4.33. The van der Waals surface area contributed by atoms with Gasteiger partial charge in [0.25, 0.3) is 0 Å². The normalized spacial score (nSPS) is 8.44. The number of hydrogen-bond donors (Lipinski definition) is 0. The highest BCUT2D eigenvalue weighted by atomic mass is 14.9. The summed E-state index contributed by atoms with van der Waals surface area (Å²) < 4.78 is 0. The number of aromatic nitrogens is 1. The van der Waals surface area contributed by atoms with E-state index >= 15 is 0 Å². The number of nitrogens with zero attached hydrogens (tertiary/aromatic N) is 3. The highest BCUT2D eigenvalue weighted by Crippen LogP contribution is 2.07. The Morgan fingerprint density at radius 2 is 2.33 bits per heavy atom. The summed E-state index contributed by atoms with van der Waals surface area (Å²) in [5.41, 5.74) is 1.41. The van der Waals surface area contributed by atoms with Gasteiger partial charge in [-0.05, 0) is 13.0 Å². The summed E-state index contributed by atoms with van der Waals surface area (Å²) in [5.74, 6) is 0. The van der Waals surface area contributed by atoms with Crippen molar-refractivity contribution in [2.24, 2.45) is 0 Å². The monoisotopic (exact) mass is 120 g/mol. The third kappa shape index (κ3) is 1.23. The number of rotatable bonds is 0. The van der Waals surface area contributed by atoms with Gasteiger partial charge >= 0.3 is 5.69 Å². The van der Waals surface area contributed by atoms with Gasteiger partial charge in [-0.3, -0.25) is 4.98 Å². The fraction of sp³-hybridized carbons (Fsp3) is 0.167. The zero-order valence-electron chi connectivity index (χ0n) is 5.07. The first-order valence-electron chi connectivity index (χ1n) is 2.60. The maximum Gasteiger partial charge on any atom is 0.403 e. The van der Waals surface area contributed by atoms with Crippen molar-refractivity contribution in [3.05, 3.63) is 29.0 Å². The molecule has 9 heavy (non-hydrogen) atoms. The molecule has 0 bridgehead atoms. The molecule has 0 aliphatic carbocycles. The van der Waals surface area contributed by atoms with E-state index in [9.17, 15) is 0 Å². The standard InChI is InChI=1S/C6H6N3/c1-5-2-3-6(9-7)4-8-5/h2-4H,1H3/q+1. The molecule has 3 nitrogen and oxygen atoms in total. The van der Waals surface area contributed by atoms with Crippen LogP contribution in [0.15, 0.2) is 18.3 Å². The lowest BCUT2D eigenvalue weighted by molar-refractivity contribution is 1.20. The molecule has 44 valence electrons. The molecule has 0 aromatic carbocycles. The molecule has 1 heterocycles. The van der Waals surface area contributed by atoms with Crippen LogP contribution in [0.4, 0.5) is 5.69 Å². The van der Waals surface area contributed by atoms with Crippen LogP contribution in [0, 0.1) is 12.3 Å². The van der Waals surface area contributed by atoms with E-state index in [1.807, 2.05) is 6.92 Å². The predicted octanol–water partition coefficient (Wildman–Crippen LogP) is 1.87. The van der Waals surface area contributed by atoms with Crippen molar-refractivity contribution >= 4 is 5.69 Å². The van der Waals surface area contributed by atoms with Crippen LogP contribution in [-0.2, 0) is 0 Å². The Morgan fingerprint density at radius 3 is 2.78 bits per heavy atom. The first kappa shape index (κ1) is 5.70. The minimum atomic E-state index is 0.487. The van der Waals surface area contributed by atoms with Crippen LogP contribution >= 0.6 is 0 Å². The summed E-state index contributed by atoms with van der Waals surface area (Å²) in [6.45, 7) is 1.88. The molecular weight excluding hydrogens is 114 g/mol. The zero-order valence-corrected chi connectivity index (χ0v) is 5.07. The van der Waals surface area contributed by atoms with Crippen molar-refractivity contribution in [2.75, 3.05) is 0 Å². The summed E-state index contributed by atoms with van der Waals surface area (Å²) >= 11 is 0. The van der Waals surface area contributed by atoms with Crippen molar-refractivity contribution in [1.82, 2.24) is 4.98 Å². The number of aryl methyl sites for hydroxylation is 1. The van der Waals surface area contributed by atoms with E-state index in [1.54, 1.807) is 12.1 Å². The molecule has 0 unspecified atom stereocenters. The van der Waals surface area contributed by atoms with Gasteiger partial charge in [0.15, 0.2) is 4.98 Å². The fourth-order valence-electron chi connectivity index (χ4n) is 0.519. The van der Waals surface area contributed by atoms with Gasteiger partial charge in [0.2, 0.25) is 5.39 Å². The molecule has 0 fully saturated rings. The fourth-order valence-corrected chi connectivity index (χ4v) is 0.519. The van der Waals surface area contributed by atoms with Gasteiger partial charge in [0.05, 0.1) is 0 Å². The van der Waals surface area contributed by atoms with E-state index < -0.39 is 0 Å². The molecular formula is C6H6N3+. The van der Waals surface area contributed by atoms with Crippen LogP contribution in [0.25, 0.3) is 4.98 Å². The SMILES string of the molecule is Cc1ccc([N+]#N)cn1. The molecule has 0 atom stereocenters. The topological polar surface area (TPSA) is 41.0 Å². The molecule has 0 saturated carbocycles. The Balaban J connectivity index is 3.06. The highest BCUT2D eigenvalue weighted by molar-refractivity contribution is 5.40. The van der Waals surface area contributed by atoms with E-state index in [0.29, 0.717) is 5.69 Å². The van der Waals surface area contributed by atoms with Crippen molar-refractivity contribution in [3.8, 4) is 0 Å². The molecule has 0 N–H and O–H groups in total. The molecule has 0 saturated heterocycles. The maximum absolute atomic E-state index is 8.21. The van der Waals surface area contributed by atoms with Crippen LogP contribution in [0.2, 0.25) is 0 Å². The number of hydrogen-bond acceptors (Lipinski definition) is 2. The average Bonchev–Trinajstić information content (AvgIpc) is 1.90. The summed E-state index contributed by atoms with van der Waals surface area (Å²) in [6, 6.07) is 3.48. The van der Waals surface area contributed by atoms with Crippen molar-refractivity contribution in [1.29, 1.82) is 5.39 Å². The van der Waals surface area contributed by atoms with Crippen molar-refractivity contribution in [2.45, 2.75) is 6.92 Å². The molecule has 0 aliphatic rings. The van der Waals surface area contributed by atoms with E-state index in [1.165, 1.54) is 6.20 Å². The lowest BCUT2D eigenvalue weighted by Crippen LogP contribution is -1.74. The molecule has 0 spiro atoms. The number of diazo groups is 1. The molecule has 3 heteroatoms. The second-order valence-electron chi connectivity index (χ2n) is 1.76. The molecule has 1 aromatic rings. The maximum atomic E-state index is 8.21. The Kier molecular flexibility index (Phi) is 1.41. The second kappa shape index (κ2) is 2.23. The lowest BCUT2D eigenvalue weighted by atomic mass is 10.4. The van der Waals surface area contributed by atoms with Crippen molar-refractivity contribution < 1.29 is 0 Å². The van der Waals surface area contributed by atoms with Gasteiger partial charge in [-0.25, -0.2) is 0 Å². The lowest BCUT2D eigenvalue weighted by Gasteiger charge is -1.80. The van der Waals surface area contributed by atoms with Crippen LogP contribution in [0.1, 0.15) is 5.69 Å². The summed E-state index contributed by atoms with van der Waals surface area (Å²) in [7, 11) is 0. The van der Waals surface area contributed by atoms with Gasteiger partial charge in [-0.15, -0.1) is 0 Å². The molecule has 0 aliphatic heterocycles. The van der Waals surface area contributed by atoms with Gasteiger partial charge < -0.3 is 0 Å². The molecule has 0 radical (unpaired) electrons. The van der Waals surface area contributed by atoms with Gasteiger partial charge in [0.1, 0.15) is 6.20 Å². The zero-order chi connectivity index (χ0) is 6.69. The molecule has 1 aromatic heterocycles. The largest absolute Gasteiger partial charge is 0.403 e. The van der Waals surface area contributed by atoms with E-state index in [0.717, 1.165) is 5.69 Å². The Morgan fingerprint density at radius 1 is 1.56 bits per heavy atom. The third-order valence-corrected chi connectivity index (χ3v) is 1.01. The van der Waals surface area contributed by atoms with E-state index in [2.05, 4.69) is 9.96 Å². The minimum absolute atomic E-state index is 0.487. The Bertz CT molecular complexity index is 231. The Hall–Kier alpha value is -1.43. The van der Waals surface area contributed by atoms with Gasteiger partial charge in [-0.1, -0.05) is 0 Å². The van der Waals surface area contributed by atoms with Gasteiger partial charge in [-0.2, -0.15) is 0 Å².